The number of nitro benzene ring substituents is 1. The molecule has 2 aromatic rings. The minimum Gasteiger partial charge on any atom is -0.327 e. The van der Waals surface area contributed by atoms with E-state index in [1.54, 1.807) is 0 Å². The van der Waals surface area contributed by atoms with E-state index < -0.39 is 14.9 Å². The summed E-state index contributed by atoms with van der Waals surface area (Å²) in [7, 11) is -3.75. The van der Waals surface area contributed by atoms with Crippen LogP contribution in [0.25, 0.3) is 0 Å². The number of nitrogens with zero attached hydrogens (tertiary/aromatic N) is 2. The summed E-state index contributed by atoms with van der Waals surface area (Å²) < 4.78 is 27.1. The average molecular weight is 411 g/mol. The van der Waals surface area contributed by atoms with Crippen LogP contribution in [0.5, 0.6) is 0 Å². The molecule has 0 aliphatic carbocycles. The molecule has 27 heavy (non-hydrogen) atoms. The first-order valence-electron chi connectivity index (χ1n) is 8.64. The third kappa shape index (κ3) is 4.14. The van der Waals surface area contributed by atoms with E-state index in [0.717, 1.165) is 11.6 Å². The van der Waals surface area contributed by atoms with Crippen LogP contribution in [0.2, 0.25) is 5.02 Å². The monoisotopic (exact) mass is 410 g/mol. The molecule has 1 heterocycles. The van der Waals surface area contributed by atoms with Crippen LogP contribution in [0.15, 0.2) is 53.4 Å². The quantitative estimate of drug-likeness (QED) is 0.602. The number of hydrogen-bond acceptors (Lipinski definition) is 4. The van der Waals surface area contributed by atoms with Gasteiger partial charge in [0.2, 0.25) is 10.0 Å². The van der Waals surface area contributed by atoms with Gasteiger partial charge in [0.15, 0.2) is 0 Å². The highest BCUT2D eigenvalue weighted by molar-refractivity contribution is 7.89. The second-order valence-electron chi connectivity index (χ2n) is 6.56. The first kappa shape index (κ1) is 19.8. The van der Waals surface area contributed by atoms with Crippen molar-refractivity contribution in [1.29, 1.82) is 0 Å². The van der Waals surface area contributed by atoms with Gasteiger partial charge >= 0.3 is 0 Å². The van der Waals surface area contributed by atoms with Crippen molar-refractivity contribution in [3.8, 4) is 0 Å². The number of sulfonamides is 1. The first-order chi connectivity index (χ1) is 12.8. The van der Waals surface area contributed by atoms with Gasteiger partial charge in [-0.05, 0) is 19.1 Å². The zero-order valence-corrected chi connectivity index (χ0v) is 16.4. The summed E-state index contributed by atoms with van der Waals surface area (Å²) in [6.07, 6.45) is 0. The van der Waals surface area contributed by atoms with E-state index in [0.29, 0.717) is 31.2 Å². The SMILES string of the molecule is C[C@H](c1ccccc1Cl)[NH+]1CCN(S(=O)(=O)c2cccc([N+](=O)[O-])c2)CC1. The van der Waals surface area contributed by atoms with Crippen LogP contribution in [-0.4, -0.2) is 43.8 Å². The Labute approximate surface area is 163 Å². The number of benzene rings is 2. The van der Waals surface area contributed by atoms with E-state index in [2.05, 4.69) is 6.92 Å². The van der Waals surface area contributed by atoms with E-state index in [9.17, 15) is 18.5 Å². The molecule has 3 rings (SSSR count). The molecule has 0 spiro atoms. The van der Waals surface area contributed by atoms with Gasteiger partial charge in [0.05, 0.1) is 36.0 Å². The number of halogens is 1. The second kappa shape index (κ2) is 7.93. The fraction of sp³-hybridized carbons (Fsp3) is 0.333. The van der Waals surface area contributed by atoms with E-state index in [4.69, 9.17) is 11.6 Å². The summed E-state index contributed by atoms with van der Waals surface area (Å²) in [5, 5.41) is 11.6. The van der Waals surface area contributed by atoms with Crippen molar-refractivity contribution in [2.75, 3.05) is 26.2 Å². The minimum atomic E-state index is -3.75. The number of piperazine rings is 1. The Kier molecular flexibility index (Phi) is 5.81. The number of nitro groups is 1. The minimum absolute atomic E-state index is 0.0423. The zero-order valence-electron chi connectivity index (χ0n) is 14.8. The molecule has 1 aliphatic rings. The normalized spacial score (nSPS) is 17.6. The van der Waals surface area contributed by atoms with Crippen molar-refractivity contribution in [2.45, 2.75) is 17.9 Å². The summed E-state index contributed by atoms with van der Waals surface area (Å²) in [6, 6.07) is 13.0. The Balaban J connectivity index is 1.72. The largest absolute Gasteiger partial charge is 0.327 e. The molecule has 144 valence electrons. The molecule has 1 N–H and O–H groups in total. The lowest BCUT2D eigenvalue weighted by Gasteiger charge is -2.35. The highest BCUT2D eigenvalue weighted by Crippen LogP contribution is 2.22. The van der Waals surface area contributed by atoms with Gasteiger partial charge in [-0.2, -0.15) is 4.31 Å². The summed E-state index contributed by atoms with van der Waals surface area (Å²) in [5.41, 5.74) is 0.817. The third-order valence-corrected chi connectivity index (χ3v) is 7.25. The lowest BCUT2D eigenvalue weighted by atomic mass is 10.1. The second-order valence-corrected chi connectivity index (χ2v) is 8.91. The van der Waals surface area contributed by atoms with Crippen LogP contribution in [0.3, 0.4) is 0 Å². The highest BCUT2D eigenvalue weighted by atomic mass is 35.5. The molecular weight excluding hydrogens is 390 g/mol. The maximum Gasteiger partial charge on any atom is 0.270 e. The molecule has 0 unspecified atom stereocenters. The predicted molar refractivity (Wildman–Crippen MR) is 102 cm³/mol. The smallest absolute Gasteiger partial charge is 0.270 e. The van der Waals surface area contributed by atoms with Crippen molar-refractivity contribution in [1.82, 2.24) is 4.31 Å². The predicted octanol–water partition coefficient (Wildman–Crippen LogP) is 1.90. The van der Waals surface area contributed by atoms with E-state index >= 15 is 0 Å². The molecule has 0 bridgehead atoms. The van der Waals surface area contributed by atoms with Gasteiger partial charge in [-0.3, -0.25) is 10.1 Å². The molecule has 0 aromatic heterocycles. The summed E-state index contributed by atoms with van der Waals surface area (Å²) >= 11 is 6.29. The molecule has 1 atom stereocenters. The molecule has 1 aliphatic heterocycles. The fourth-order valence-corrected chi connectivity index (χ4v) is 5.18. The molecule has 7 nitrogen and oxygen atoms in total. The van der Waals surface area contributed by atoms with Crippen LogP contribution in [-0.2, 0) is 10.0 Å². The number of rotatable bonds is 5. The van der Waals surface area contributed by atoms with Gasteiger partial charge in [0.1, 0.15) is 6.04 Å². The van der Waals surface area contributed by atoms with E-state index in [1.807, 2.05) is 24.3 Å². The summed E-state index contributed by atoms with van der Waals surface area (Å²) in [4.78, 5) is 11.5. The van der Waals surface area contributed by atoms with Crippen LogP contribution in [0.4, 0.5) is 5.69 Å². The lowest BCUT2D eigenvalue weighted by molar-refractivity contribution is -0.933. The third-order valence-electron chi connectivity index (χ3n) is 5.01. The summed E-state index contributed by atoms with van der Waals surface area (Å²) in [5.74, 6) is 0. The van der Waals surface area contributed by atoms with Crippen LogP contribution >= 0.6 is 11.6 Å². The number of nitrogens with one attached hydrogen (secondary N) is 1. The van der Waals surface area contributed by atoms with E-state index in [1.165, 1.54) is 27.4 Å². The molecular formula is C18H21ClN3O4S+. The number of non-ortho nitro benzene ring substituents is 1. The molecule has 9 heteroatoms. The van der Waals surface area contributed by atoms with Crippen LogP contribution < -0.4 is 4.90 Å². The number of hydrogen-bond donors (Lipinski definition) is 1. The maximum atomic E-state index is 12.8. The van der Waals surface area contributed by atoms with Gasteiger partial charge in [-0.25, -0.2) is 8.42 Å². The lowest BCUT2D eigenvalue weighted by Crippen LogP contribution is -3.14. The Hall–Kier alpha value is -2.00. The standard InChI is InChI=1S/C18H20ClN3O4S/c1-14(17-7-2-3-8-18(17)19)20-9-11-21(12-10-20)27(25,26)16-6-4-5-15(13-16)22(23)24/h2-8,13-14H,9-12H2,1H3/p+1/t14-/m1/s1. The summed E-state index contributed by atoms with van der Waals surface area (Å²) in [6.45, 7) is 4.08. The van der Waals surface area contributed by atoms with Crippen molar-refractivity contribution < 1.29 is 18.2 Å². The van der Waals surface area contributed by atoms with Gasteiger partial charge < -0.3 is 4.90 Å². The molecule has 1 fully saturated rings. The van der Waals surface area contributed by atoms with Gasteiger partial charge in [0.25, 0.3) is 5.69 Å². The number of quaternary nitrogens is 1. The molecule has 0 amide bonds. The van der Waals surface area contributed by atoms with Gasteiger partial charge in [0, 0.05) is 22.7 Å². The van der Waals surface area contributed by atoms with Crippen molar-refractivity contribution in [3.05, 3.63) is 69.2 Å². The first-order valence-corrected chi connectivity index (χ1v) is 10.5. The molecule has 0 saturated carbocycles. The zero-order chi connectivity index (χ0) is 19.6. The van der Waals surface area contributed by atoms with Gasteiger partial charge in [-0.15, -0.1) is 0 Å². The fourth-order valence-electron chi connectivity index (χ4n) is 3.40. The Morgan fingerprint density at radius 1 is 1.15 bits per heavy atom. The Morgan fingerprint density at radius 2 is 1.81 bits per heavy atom. The Morgan fingerprint density at radius 3 is 2.44 bits per heavy atom. The maximum absolute atomic E-state index is 12.8. The van der Waals surface area contributed by atoms with Crippen LogP contribution in [0, 0.1) is 10.1 Å². The van der Waals surface area contributed by atoms with Crippen molar-refractivity contribution >= 4 is 27.3 Å². The molecule has 2 aromatic carbocycles. The highest BCUT2D eigenvalue weighted by Gasteiger charge is 2.33. The topological polar surface area (TPSA) is 85.0 Å². The molecule has 1 saturated heterocycles. The van der Waals surface area contributed by atoms with Gasteiger partial charge in [-0.1, -0.05) is 35.9 Å². The van der Waals surface area contributed by atoms with Crippen molar-refractivity contribution in [2.24, 2.45) is 0 Å². The molecule has 0 radical (unpaired) electrons. The van der Waals surface area contributed by atoms with Crippen molar-refractivity contribution in [3.63, 3.8) is 0 Å². The van der Waals surface area contributed by atoms with Crippen LogP contribution in [0.1, 0.15) is 18.5 Å². The Bertz CT molecular complexity index is 943. The average Bonchev–Trinajstić information content (AvgIpc) is 2.68. The van der Waals surface area contributed by atoms with E-state index in [-0.39, 0.29) is 16.6 Å².